The van der Waals surface area contributed by atoms with Crippen LogP contribution in [0.15, 0.2) is 0 Å². The van der Waals surface area contributed by atoms with Gasteiger partial charge in [-0.1, -0.05) is 6.92 Å². The summed E-state index contributed by atoms with van der Waals surface area (Å²) in [5.74, 6) is 0. The second-order valence-corrected chi connectivity index (χ2v) is 4.20. The van der Waals surface area contributed by atoms with Crippen molar-refractivity contribution < 1.29 is 17.9 Å². The van der Waals surface area contributed by atoms with Crippen LogP contribution in [-0.4, -0.2) is 49.5 Å². The third-order valence-electron chi connectivity index (χ3n) is 3.12. The maximum absolute atomic E-state index is 12.9. The number of alkyl halides is 3. The van der Waals surface area contributed by atoms with Crippen molar-refractivity contribution in [3.05, 3.63) is 0 Å². The molecule has 1 fully saturated rings. The van der Waals surface area contributed by atoms with E-state index in [4.69, 9.17) is 10.5 Å². The van der Waals surface area contributed by atoms with Crippen molar-refractivity contribution in [2.45, 2.75) is 44.1 Å². The van der Waals surface area contributed by atoms with E-state index in [2.05, 4.69) is 0 Å². The zero-order valence-corrected chi connectivity index (χ0v) is 9.63. The number of methoxy groups -OCH3 is 1. The van der Waals surface area contributed by atoms with E-state index in [1.54, 1.807) is 6.92 Å². The SMILES string of the molecule is CCC(N)C(N1CCC(OC)C1)C(F)(F)F. The van der Waals surface area contributed by atoms with Crippen molar-refractivity contribution in [3.8, 4) is 0 Å². The van der Waals surface area contributed by atoms with Gasteiger partial charge in [-0.3, -0.25) is 4.90 Å². The maximum Gasteiger partial charge on any atom is 0.405 e. The van der Waals surface area contributed by atoms with E-state index in [0.29, 0.717) is 25.9 Å². The number of rotatable bonds is 4. The van der Waals surface area contributed by atoms with Gasteiger partial charge in [-0.05, 0) is 12.8 Å². The Morgan fingerprint density at radius 3 is 2.50 bits per heavy atom. The first-order valence-corrected chi connectivity index (χ1v) is 5.49. The average molecular weight is 240 g/mol. The number of ether oxygens (including phenoxy) is 1. The molecule has 0 aliphatic carbocycles. The molecule has 1 aliphatic heterocycles. The van der Waals surface area contributed by atoms with Gasteiger partial charge in [0.2, 0.25) is 0 Å². The van der Waals surface area contributed by atoms with E-state index in [0.717, 1.165) is 0 Å². The van der Waals surface area contributed by atoms with Crippen LogP contribution in [-0.2, 0) is 4.74 Å². The van der Waals surface area contributed by atoms with Gasteiger partial charge in [-0.15, -0.1) is 0 Å². The molecule has 3 nitrogen and oxygen atoms in total. The highest BCUT2D eigenvalue weighted by atomic mass is 19.4. The summed E-state index contributed by atoms with van der Waals surface area (Å²) in [6.45, 7) is 2.39. The van der Waals surface area contributed by atoms with Crippen LogP contribution in [0, 0.1) is 0 Å². The van der Waals surface area contributed by atoms with Gasteiger partial charge < -0.3 is 10.5 Å². The first-order chi connectivity index (χ1) is 7.40. The maximum atomic E-state index is 12.9. The molecule has 1 rings (SSSR count). The Labute approximate surface area is 93.7 Å². The topological polar surface area (TPSA) is 38.5 Å². The Hall–Kier alpha value is -0.330. The predicted molar refractivity (Wildman–Crippen MR) is 55.1 cm³/mol. The van der Waals surface area contributed by atoms with E-state index in [1.165, 1.54) is 12.0 Å². The van der Waals surface area contributed by atoms with Crippen LogP contribution >= 0.6 is 0 Å². The van der Waals surface area contributed by atoms with Crippen molar-refractivity contribution >= 4 is 0 Å². The fourth-order valence-corrected chi connectivity index (χ4v) is 2.14. The van der Waals surface area contributed by atoms with Gasteiger partial charge in [-0.25, -0.2) is 0 Å². The summed E-state index contributed by atoms with van der Waals surface area (Å²) in [6.07, 6.45) is -3.41. The molecule has 3 atom stereocenters. The molecule has 6 heteroatoms. The lowest BCUT2D eigenvalue weighted by Crippen LogP contribution is -2.55. The Balaban J connectivity index is 2.71. The van der Waals surface area contributed by atoms with Crippen molar-refractivity contribution in [1.82, 2.24) is 4.90 Å². The number of hydrogen-bond acceptors (Lipinski definition) is 3. The lowest BCUT2D eigenvalue weighted by atomic mass is 10.0. The minimum absolute atomic E-state index is 0.103. The Morgan fingerprint density at radius 2 is 2.12 bits per heavy atom. The molecule has 2 N–H and O–H groups in total. The highest BCUT2D eigenvalue weighted by Gasteiger charge is 2.48. The molecule has 16 heavy (non-hydrogen) atoms. The van der Waals surface area contributed by atoms with E-state index < -0.39 is 18.3 Å². The Kier molecular flexibility index (Phi) is 4.58. The first-order valence-electron chi connectivity index (χ1n) is 5.49. The van der Waals surface area contributed by atoms with Crippen molar-refractivity contribution in [2.75, 3.05) is 20.2 Å². The zero-order valence-electron chi connectivity index (χ0n) is 9.63. The van der Waals surface area contributed by atoms with Crippen LogP contribution < -0.4 is 5.73 Å². The molecule has 1 heterocycles. The lowest BCUT2D eigenvalue weighted by Gasteiger charge is -2.33. The monoisotopic (exact) mass is 240 g/mol. The number of hydrogen-bond donors (Lipinski definition) is 1. The molecule has 1 aliphatic rings. The molecule has 0 aromatic carbocycles. The number of nitrogens with two attached hydrogens (primary N) is 1. The molecule has 0 bridgehead atoms. The van der Waals surface area contributed by atoms with Gasteiger partial charge >= 0.3 is 6.18 Å². The molecule has 1 saturated heterocycles. The van der Waals surface area contributed by atoms with Crippen LogP contribution in [0.5, 0.6) is 0 Å². The van der Waals surface area contributed by atoms with Gasteiger partial charge in [0.15, 0.2) is 0 Å². The van der Waals surface area contributed by atoms with Gasteiger partial charge in [-0.2, -0.15) is 13.2 Å². The predicted octanol–water partition coefficient (Wildman–Crippen LogP) is 1.38. The normalized spacial score (nSPS) is 27.0. The molecule has 0 radical (unpaired) electrons. The van der Waals surface area contributed by atoms with Crippen molar-refractivity contribution in [3.63, 3.8) is 0 Å². The summed E-state index contributed by atoms with van der Waals surface area (Å²) in [7, 11) is 1.52. The van der Waals surface area contributed by atoms with Crippen LogP contribution in [0.3, 0.4) is 0 Å². The van der Waals surface area contributed by atoms with Gasteiger partial charge in [0.1, 0.15) is 6.04 Å². The highest BCUT2D eigenvalue weighted by molar-refractivity contribution is 4.91. The van der Waals surface area contributed by atoms with Gasteiger partial charge in [0.05, 0.1) is 6.10 Å². The third kappa shape index (κ3) is 3.09. The first kappa shape index (κ1) is 13.7. The summed E-state index contributed by atoms with van der Waals surface area (Å²) in [5.41, 5.74) is 5.57. The quantitative estimate of drug-likeness (QED) is 0.806. The third-order valence-corrected chi connectivity index (χ3v) is 3.12. The van der Waals surface area contributed by atoms with Gasteiger partial charge in [0, 0.05) is 26.2 Å². The second-order valence-electron chi connectivity index (χ2n) is 4.20. The average Bonchev–Trinajstić information content (AvgIpc) is 2.64. The smallest absolute Gasteiger partial charge is 0.380 e. The van der Waals surface area contributed by atoms with E-state index in [1.807, 2.05) is 0 Å². The summed E-state index contributed by atoms with van der Waals surface area (Å²) in [4.78, 5) is 1.39. The Morgan fingerprint density at radius 1 is 1.50 bits per heavy atom. The minimum Gasteiger partial charge on any atom is -0.380 e. The van der Waals surface area contributed by atoms with Crippen LogP contribution in [0.2, 0.25) is 0 Å². The molecular formula is C10H19F3N2O. The molecule has 0 spiro atoms. The van der Waals surface area contributed by atoms with E-state index in [9.17, 15) is 13.2 Å². The van der Waals surface area contributed by atoms with Crippen LogP contribution in [0.25, 0.3) is 0 Å². The van der Waals surface area contributed by atoms with Crippen molar-refractivity contribution in [1.29, 1.82) is 0 Å². The molecule has 0 saturated carbocycles. The second kappa shape index (κ2) is 5.33. The molecule has 0 aromatic rings. The summed E-state index contributed by atoms with van der Waals surface area (Å²) in [6, 6.07) is -2.41. The molecule has 3 unspecified atom stereocenters. The molecule has 96 valence electrons. The standard InChI is InChI=1S/C10H19F3N2O/c1-3-8(14)9(10(11,12)13)15-5-4-7(6-15)16-2/h7-9H,3-6,14H2,1-2H3. The fraction of sp³-hybridized carbons (Fsp3) is 1.00. The van der Waals surface area contributed by atoms with Crippen molar-refractivity contribution in [2.24, 2.45) is 5.73 Å². The van der Waals surface area contributed by atoms with E-state index in [-0.39, 0.29) is 6.10 Å². The lowest BCUT2D eigenvalue weighted by molar-refractivity contribution is -0.187. The minimum atomic E-state index is -4.27. The zero-order chi connectivity index (χ0) is 12.3. The van der Waals surface area contributed by atoms with Gasteiger partial charge in [0.25, 0.3) is 0 Å². The van der Waals surface area contributed by atoms with E-state index >= 15 is 0 Å². The molecule has 0 amide bonds. The fourth-order valence-electron chi connectivity index (χ4n) is 2.14. The molecule has 0 aromatic heterocycles. The summed E-state index contributed by atoms with van der Waals surface area (Å²) in [5, 5.41) is 0. The Bertz CT molecular complexity index is 223. The van der Waals surface area contributed by atoms with Crippen LogP contribution in [0.4, 0.5) is 13.2 Å². The highest BCUT2D eigenvalue weighted by Crippen LogP contribution is 2.30. The van der Waals surface area contributed by atoms with Crippen LogP contribution in [0.1, 0.15) is 19.8 Å². The number of nitrogens with zero attached hydrogens (tertiary/aromatic N) is 1. The summed E-state index contributed by atoms with van der Waals surface area (Å²) >= 11 is 0. The number of likely N-dealkylation sites (tertiary alicyclic amines) is 1. The summed E-state index contributed by atoms with van der Waals surface area (Å²) < 4.78 is 43.7. The molecular weight excluding hydrogens is 221 g/mol. The largest absolute Gasteiger partial charge is 0.405 e. The number of halogens is 3.